The van der Waals surface area contributed by atoms with Crippen LogP contribution in [0.3, 0.4) is 0 Å². The van der Waals surface area contributed by atoms with Gasteiger partial charge >= 0.3 is 12.0 Å². The Hall–Kier alpha value is -2.55. The number of fused-ring (bicyclic) bond motifs is 1. The van der Waals surface area contributed by atoms with E-state index >= 15 is 0 Å². The summed E-state index contributed by atoms with van der Waals surface area (Å²) in [5.41, 5.74) is 1.46. The first-order valence-corrected chi connectivity index (χ1v) is 9.34. The van der Waals surface area contributed by atoms with Gasteiger partial charge in [0, 0.05) is 6.54 Å². The van der Waals surface area contributed by atoms with Gasteiger partial charge in [0.05, 0.1) is 23.2 Å². The summed E-state index contributed by atoms with van der Waals surface area (Å²) < 4.78 is 0. The maximum Gasteiger partial charge on any atom is 0.329 e. The Morgan fingerprint density at radius 1 is 1.23 bits per heavy atom. The maximum absolute atomic E-state index is 13.0. The maximum atomic E-state index is 13.0. The van der Waals surface area contributed by atoms with E-state index in [2.05, 4.69) is 5.32 Å². The minimum Gasteiger partial charge on any atom is -0.481 e. The zero-order chi connectivity index (χ0) is 18.8. The van der Waals surface area contributed by atoms with Crippen LogP contribution in [0.1, 0.15) is 12.0 Å². The molecule has 2 aliphatic rings. The van der Waals surface area contributed by atoms with Crippen LogP contribution >= 0.6 is 11.8 Å². The van der Waals surface area contributed by atoms with E-state index < -0.39 is 30.0 Å². The summed E-state index contributed by atoms with van der Waals surface area (Å²) in [7, 11) is 0. The number of carboxylic acids is 1. The molecule has 2 saturated heterocycles. The molecule has 3 rings (SSSR count). The van der Waals surface area contributed by atoms with E-state index in [0.717, 1.165) is 22.2 Å². The molecule has 8 nitrogen and oxygen atoms in total. The highest BCUT2D eigenvalue weighted by Gasteiger charge is 2.49. The molecular formula is C17H19N3O5S. The summed E-state index contributed by atoms with van der Waals surface area (Å²) in [5.74, 6) is -1.91. The van der Waals surface area contributed by atoms with Crippen molar-refractivity contribution in [3.05, 3.63) is 29.8 Å². The highest BCUT2D eigenvalue weighted by atomic mass is 32.2. The Morgan fingerprint density at radius 2 is 1.92 bits per heavy atom. The molecule has 0 saturated carbocycles. The van der Waals surface area contributed by atoms with E-state index in [1.165, 1.54) is 4.90 Å². The fourth-order valence-corrected chi connectivity index (χ4v) is 3.85. The van der Waals surface area contributed by atoms with Crippen LogP contribution in [-0.4, -0.2) is 64.0 Å². The molecule has 26 heavy (non-hydrogen) atoms. The second kappa shape index (κ2) is 7.36. The Labute approximate surface area is 154 Å². The number of thioether (sulfide) groups is 1. The SMILES string of the molecule is Cc1ccc(N2C(=O)N[C@@H]3CCN(C(=O)CSCC(=O)O)[C@@H]3C2=O)cc1. The van der Waals surface area contributed by atoms with Crippen molar-refractivity contribution in [1.29, 1.82) is 0 Å². The predicted molar refractivity (Wildman–Crippen MR) is 96.1 cm³/mol. The normalized spacial score (nSPS) is 22.2. The predicted octanol–water partition coefficient (Wildman–Crippen LogP) is 0.839. The lowest BCUT2D eigenvalue weighted by Gasteiger charge is -2.36. The van der Waals surface area contributed by atoms with Crippen molar-refractivity contribution in [2.45, 2.75) is 25.4 Å². The lowest BCUT2D eigenvalue weighted by molar-refractivity contribution is -0.136. The molecule has 2 N–H and O–H groups in total. The van der Waals surface area contributed by atoms with E-state index in [-0.39, 0.29) is 17.4 Å². The van der Waals surface area contributed by atoms with Crippen molar-refractivity contribution in [3.8, 4) is 0 Å². The quantitative estimate of drug-likeness (QED) is 0.787. The number of urea groups is 1. The monoisotopic (exact) mass is 377 g/mol. The minimum absolute atomic E-state index is 0.0126. The van der Waals surface area contributed by atoms with Gasteiger partial charge in [-0.3, -0.25) is 14.4 Å². The zero-order valence-corrected chi connectivity index (χ0v) is 15.0. The van der Waals surface area contributed by atoms with E-state index in [0.29, 0.717) is 18.7 Å². The number of carbonyl (C=O) groups is 4. The Morgan fingerprint density at radius 3 is 2.58 bits per heavy atom. The lowest BCUT2D eigenvalue weighted by atomic mass is 10.0. The summed E-state index contributed by atoms with van der Waals surface area (Å²) in [6, 6.07) is 5.34. The molecule has 0 aromatic heterocycles. The molecule has 9 heteroatoms. The zero-order valence-electron chi connectivity index (χ0n) is 14.2. The van der Waals surface area contributed by atoms with Crippen LogP contribution < -0.4 is 10.2 Å². The van der Waals surface area contributed by atoms with Crippen LogP contribution in [0, 0.1) is 6.92 Å². The third-order valence-electron chi connectivity index (χ3n) is 4.45. The third-order valence-corrected chi connectivity index (χ3v) is 5.35. The van der Waals surface area contributed by atoms with E-state index in [9.17, 15) is 19.2 Å². The van der Waals surface area contributed by atoms with Crippen LogP contribution in [0.25, 0.3) is 0 Å². The van der Waals surface area contributed by atoms with Gasteiger partial charge in [0.25, 0.3) is 5.91 Å². The van der Waals surface area contributed by atoms with Crippen LogP contribution in [0.4, 0.5) is 10.5 Å². The molecule has 2 fully saturated rings. The van der Waals surface area contributed by atoms with Gasteiger partial charge in [0.2, 0.25) is 5.91 Å². The van der Waals surface area contributed by atoms with Crippen molar-refractivity contribution in [1.82, 2.24) is 10.2 Å². The number of anilines is 1. The number of hydrogen-bond acceptors (Lipinski definition) is 5. The topological polar surface area (TPSA) is 107 Å². The Balaban J connectivity index is 1.77. The number of aryl methyl sites for hydroxylation is 1. The summed E-state index contributed by atoms with van der Waals surface area (Å²) >= 11 is 0.993. The second-order valence-corrected chi connectivity index (χ2v) is 7.26. The van der Waals surface area contributed by atoms with Gasteiger partial charge in [-0.1, -0.05) is 17.7 Å². The summed E-state index contributed by atoms with van der Waals surface area (Å²) in [4.78, 5) is 50.9. The smallest absolute Gasteiger partial charge is 0.329 e. The molecule has 1 aromatic rings. The molecule has 1 aromatic carbocycles. The Bertz CT molecular complexity index is 751. The standard InChI is InChI=1S/C17H19N3O5S/c1-10-2-4-11(5-3-10)20-16(24)15-12(18-17(20)25)6-7-19(15)13(21)8-26-9-14(22)23/h2-5,12,15H,6-9H2,1H3,(H,18,25)(H,22,23)/t12-,15+/m1/s1. The summed E-state index contributed by atoms with van der Waals surface area (Å²) in [6.07, 6.45) is 0.499. The summed E-state index contributed by atoms with van der Waals surface area (Å²) in [6.45, 7) is 2.26. The number of rotatable bonds is 5. The van der Waals surface area contributed by atoms with E-state index in [4.69, 9.17) is 5.11 Å². The third kappa shape index (κ3) is 3.52. The number of amides is 4. The lowest BCUT2D eigenvalue weighted by Crippen LogP contribution is -2.65. The molecule has 138 valence electrons. The molecule has 0 unspecified atom stereocenters. The molecule has 2 heterocycles. The second-order valence-electron chi connectivity index (χ2n) is 6.27. The van der Waals surface area contributed by atoms with E-state index in [1.807, 2.05) is 19.1 Å². The highest BCUT2D eigenvalue weighted by Crippen LogP contribution is 2.28. The van der Waals surface area contributed by atoms with Crippen LogP contribution in [0.15, 0.2) is 24.3 Å². The van der Waals surface area contributed by atoms with Crippen molar-refractivity contribution in [3.63, 3.8) is 0 Å². The minimum atomic E-state index is -0.992. The van der Waals surface area contributed by atoms with Gasteiger partial charge in [-0.25, -0.2) is 9.69 Å². The number of nitrogens with one attached hydrogen (secondary N) is 1. The van der Waals surface area contributed by atoms with Gasteiger partial charge in [-0.15, -0.1) is 11.8 Å². The van der Waals surface area contributed by atoms with Gasteiger partial charge in [-0.05, 0) is 25.5 Å². The molecule has 4 amide bonds. The van der Waals surface area contributed by atoms with Gasteiger partial charge in [0.1, 0.15) is 6.04 Å². The van der Waals surface area contributed by atoms with Gasteiger partial charge < -0.3 is 15.3 Å². The number of nitrogens with zero attached hydrogens (tertiary/aromatic N) is 2. The first kappa shape index (κ1) is 18.2. The molecule has 0 aliphatic carbocycles. The Kier molecular flexibility index (Phi) is 5.17. The van der Waals surface area contributed by atoms with E-state index in [1.54, 1.807) is 12.1 Å². The van der Waals surface area contributed by atoms with Crippen LogP contribution in [-0.2, 0) is 14.4 Å². The molecule has 0 spiro atoms. The van der Waals surface area contributed by atoms with Gasteiger partial charge in [-0.2, -0.15) is 0 Å². The fraction of sp³-hybridized carbons (Fsp3) is 0.412. The van der Waals surface area contributed by atoms with Crippen molar-refractivity contribution in [2.24, 2.45) is 0 Å². The average Bonchev–Trinajstić information content (AvgIpc) is 3.00. The number of hydrogen-bond donors (Lipinski definition) is 2. The highest BCUT2D eigenvalue weighted by molar-refractivity contribution is 8.00. The number of carbonyl (C=O) groups excluding carboxylic acids is 3. The van der Waals surface area contributed by atoms with Crippen LogP contribution in [0.2, 0.25) is 0 Å². The van der Waals surface area contributed by atoms with Crippen LogP contribution in [0.5, 0.6) is 0 Å². The number of carboxylic acid groups (broad SMARTS) is 1. The van der Waals surface area contributed by atoms with Crippen molar-refractivity contribution in [2.75, 3.05) is 23.0 Å². The van der Waals surface area contributed by atoms with Crippen molar-refractivity contribution < 1.29 is 24.3 Å². The first-order valence-electron chi connectivity index (χ1n) is 8.18. The number of imide groups is 1. The fourth-order valence-electron chi connectivity index (χ4n) is 3.23. The molecular weight excluding hydrogens is 358 g/mol. The average molecular weight is 377 g/mol. The number of likely N-dealkylation sites (tertiary alicyclic amines) is 1. The molecule has 2 atom stereocenters. The number of aliphatic carboxylic acids is 1. The first-order chi connectivity index (χ1) is 12.4. The molecule has 2 aliphatic heterocycles. The van der Waals surface area contributed by atoms with Crippen molar-refractivity contribution >= 4 is 41.3 Å². The molecule has 0 radical (unpaired) electrons. The largest absolute Gasteiger partial charge is 0.481 e. The van der Waals surface area contributed by atoms with Gasteiger partial charge in [0.15, 0.2) is 0 Å². The number of benzene rings is 1. The molecule has 0 bridgehead atoms. The summed E-state index contributed by atoms with van der Waals surface area (Å²) in [5, 5.41) is 11.5.